The van der Waals surface area contributed by atoms with Gasteiger partial charge in [0.2, 0.25) is 11.8 Å². The summed E-state index contributed by atoms with van der Waals surface area (Å²) in [5, 5.41) is 5.53. The van der Waals surface area contributed by atoms with Crippen LogP contribution in [-0.2, 0) is 19.1 Å². The van der Waals surface area contributed by atoms with Gasteiger partial charge in [0.25, 0.3) is 5.91 Å². The Hall–Kier alpha value is -3.88. The molecule has 0 saturated heterocycles. The maximum atomic E-state index is 14.2. The normalized spacial score (nSPS) is 12.6. The van der Waals surface area contributed by atoms with Gasteiger partial charge in [0.1, 0.15) is 17.7 Å². The molecule has 4 N–H and O–H groups in total. The van der Waals surface area contributed by atoms with Gasteiger partial charge in [-0.3, -0.25) is 14.4 Å². The van der Waals surface area contributed by atoms with E-state index in [1.165, 1.54) is 4.90 Å². The number of ether oxygens (including phenoxy) is 1. The maximum absolute atomic E-state index is 14.2. The second-order valence-corrected chi connectivity index (χ2v) is 11.8. The third-order valence-corrected chi connectivity index (χ3v) is 6.75. The van der Waals surface area contributed by atoms with Gasteiger partial charge in [0.05, 0.1) is 6.42 Å². The lowest BCUT2D eigenvalue weighted by molar-refractivity contribution is -0.142. The number of amides is 4. The molecule has 0 aliphatic carbocycles. The van der Waals surface area contributed by atoms with Crippen molar-refractivity contribution in [3.63, 3.8) is 0 Å². The van der Waals surface area contributed by atoms with Crippen molar-refractivity contribution in [3.05, 3.63) is 65.2 Å². The maximum Gasteiger partial charge on any atom is 0.408 e. The number of benzene rings is 2. The molecule has 2 aromatic rings. The number of nitrogens with zero attached hydrogens (tertiary/aromatic N) is 1. The molecule has 0 aliphatic heterocycles. The molecule has 4 amide bonds. The quantitative estimate of drug-likeness (QED) is 0.224. The first kappa shape index (κ1) is 34.3. The fourth-order valence-corrected chi connectivity index (χ4v) is 4.71. The van der Waals surface area contributed by atoms with Gasteiger partial charge in [-0.05, 0) is 58.2 Å². The van der Waals surface area contributed by atoms with Crippen LogP contribution < -0.4 is 16.4 Å². The van der Waals surface area contributed by atoms with Crippen LogP contribution in [0.3, 0.4) is 0 Å². The predicted octanol–water partition coefficient (Wildman–Crippen LogP) is 5.94. The van der Waals surface area contributed by atoms with Gasteiger partial charge in [0, 0.05) is 12.2 Å². The molecule has 42 heavy (non-hydrogen) atoms. The van der Waals surface area contributed by atoms with Crippen LogP contribution in [0.5, 0.6) is 0 Å². The first-order chi connectivity index (χ1) is 19.8. The van der Waals surface area contributed by atoms with Crippen LogP contribution in [0.4, 0.5) is 10.5 Å². The van der Waals surface area contributed by atoms with Crippen LogP contribution in [0.2, 0.25) is 0 Å². The standard InChI is InChI=1S/C33H48N4O5/c1-7-8-9-10-11-14-20-37(31(40)27(22-28(34)38)36-32(41)42-33(4,5)6)29(25-18-15-16-23(2)21-25)30(39)35-26-19-13-12-17-24(26)3/h12-13,15-19,21,27,29H,7-11,14,20,22H2,1-6H3,(H2,34,38)(H,35,39)(H,36,41). The highest BCUT2D eigenvalue weighted by Gasteiger charge is 2.37. The molecule has 2 atom stereocenters. The molecule has 0 heterocycles. The number of nitrogens with two attached hydrogens (primary N) is 1. The summed E-state index contributed by atoms with van der Waals surface area (Å²) < 4.78 is 5.36. The van der Waals surface area contributed by atoms with E-state index >= 15 is 0 Å². The number of rotatable bonds is 15. The summed E-state index contributed by atoms with van der Waals surface area (Å²) in [6.45, 7) is 11.3. The lowest BCUT2D eigenvalue weighted by Gasteiger charge is -2.34. The second-order valence-electron chi connectivity index (χ2n) is 11.8. The fraction of sp³-hybridized carbons (Fsp3) is 0.515. The monoisotopic (exact) mass is 580 g/mol. The molecule has 9 heteroatoms. The lowest BCUT2D eigenvalue weighted by Crippen LogP contribution is -2.53. The molecule has 0 saturated carbocycles. The highest BCUT2D eigenvalue weighted by atomic mass is 16.6. The smallest absolute Gasteiger partial charge is 0.408 e. The van der Waals surface area contributed by atoms with E-state index in [1.54, 1.807) is 32.9 Å². The number of aryl methyl sites for hydroxylation is 2. The number of hydrogen-bond acceptors (Lipinski definition) is 5. The number of nitrogens with one attached hydrogen (secondary N) is 2. The van der Waals surface area contributed by atoms with Crippen LogP contribution in [0.15, 0.2) is 48.5 Å². The van der Waals surface area contributed by atoms with Crippen molar-refractivity contribution in [2.45, 2.75) is 104 Å². The molecule has 0 bridgehead atoms. The number of para-hydroxylation sites is 1. The Bertz CT molecular complexity index is 1210. The summed E-state index contributed by atoms with van der Waals surface area (Å²) in [5.74, 6) is -1.75. The number of hydrogen-bond donors (Lipinski definition) is 3. The van der Waals surface area contributed by atoms with E-state index in [9.17, 15) is 19.2 Å². The molecule has 2 aromatic carbocycles. The molecular formula is C33H48N4O5. The Morgan fingerprint density at radius 1 is 0.929 bits per heavy atom. The van der Waals surface area contributed by atoms with Gasteiger partial charge in [-0.2, -0.15) is 0 Å². The Morgan fingerprint density at radius 3 is 2.21 bits per heavy atom. The average Bonchev–Trinajstić information content (AvgIpc) is 2.89. The van der Waals surface area contributed by atoms with Crippen molar-refractivity contribution in [2.24, 2.45) is 5.73 Å². The van der Waals surface area contributed by atoms with E-state index in [0.717, 1.165) is 43.2 Å². The van der Waals surface area contributed by atoms with E-state index in [-0.39, 0.29) is 6.54 Å². The zero-order valence-corrected chi connectivity index (χ0v) is 26.0. The van der Waals surface area contributed by atoms with Gasteiger partial charge in [-0.15, -0.1) is 0 Å². The number of primary amides is 1. The van der Waals surface area contributed by atoms with Crippen molar-refractivity contribution in [1.82, 2.24) is 10.2 Å². The first-order valence-corrected chi connectivity index (χ1v) is 14.8. The summed E-state index contributed by atoms with van der Waals surface area (Å²) >= 11 is 0. The molecule has 9 nitrogen and oxygen atoms in total. The molecule has 0 fully saturated rings. The topological polar surface area (TPSA) is 131 Å². The third-order valence-electron chi connectivity index (χ3n) is 6.75. The van der Waals surface area contributed by atoms with Gasteiger partial charge < -0.3 is 26.0 Å². The summed E-state index contributed by atoms with van der Waals surface area (Å²) in [6, 6.07) is 12.5. The minimum Gasteiger partial charge on any atom is -0.444 e. The van der Waals surface area contributed by atoms with Crippen LogP contribution in [-0.4, -0.2) is 46.9 Å². The largest absolute Gasteiger partial charge is 0.444 e. The predicted molar refractivity (Wildman–Crippen MR) is 166 cm³/mol. The lowest BCUT2D eigenvalue weighted by atomic mass is 9.99. The van der Waals surface area contributed by atoms with E-state index in [0.29, 0.717) is 17.7 Å². The van der Waals surface area contributed by atoms with Crippen LogP contribution in [0.1, 0.15) is 95.4 Å². The van der Waals surface area contributed by atoms with Crippen LogP contribution in [0, 0.1) is 13.8 Å². The Labute approximate surface area is 250 Å². The molecule has 2 rings (SSSR count). The minimum absolute atomic E-state index is 0.246. The zero-order chi connectivity index (χ0) is 31.3. The Morgan fingerprint density at radius 2 is 1.60 bits per heavy atom. The molecule has 0 spiro atoms. The molecule has 0 aromatic heterocycles. The highest BCUT2D eigenvalue weighted by Crippen LogP contribution is 2.27. The zero-order valence-electron chi connectivity index (χ0n) is 26.0. The number of anilines is 1. The summed E-state index contributed by atoms with van der Waals surface area (Å²) in [5.41, 5.74) is 7.74. The molecular weight excluding hydrogens is 532 g/mol. The van der Waals surface area contributed by atoms with Crippen molar-refractivity contribution in [2.75, 3.05) is 11.9 Å². The SMILES string of the molecule is CCCCCCCCN(C(=O)C(CC(N)=O)NC(=O)OC(C)(C)C)C(C(=O)Nc1ccccc1C)c1cccc(C)c1. The van der Waals surface area contributed by atoms with Crippen molar-refractivity contribution in [3.8, 4) is 0 Å². The molecule has 0 radical (unpaired) electrons. The average molecular weight is 581 g/mol. The van der Waals surface area contributed by atoms with Crippen molar-refractivity contribution in [1.29, 1.82) is 0 Å². The van der Waals surface area contributed by atoms with Gasteiger partial charge in [0.15, 0.2) is 0 Å². The number of alkyl carbamates (subject to hydrolysis) is 1. The first-order valence-electron chi connectivity index (χ1n) is 14.8. The van der Waals surface area contributed by atoms with E-state index in [4.69, 9.17) is 10.5 Å². The van der Waals surface area contributed by atoms with Gasteiger partial charge >= 0.3 is 6.09 Å². The summed E-state index contributed by atoms with van der Waals surface area (Å²) in [6.07, 6.45) is 4.56. The summed E-state index contributed by atoms with van der Waals surface area (Å²) in [4.78, 5) is 54.5. The van der Waals surface area contributed by atoms with E-state index in [1.807, 2.05) is 50.2 Å². The van der Waals surface area contributed by atoms with Crippen molar-refractivity contribution >= 4 is 29.5 Å². The molecule has 0 aliphatic rings. The number of carbonyl (C=O) groups excluding carboxylic acids is 4. The Kier molecular flexibility index (Phi) is 13.5. The van der Waals surface area contributed by atoms with E-state index in [2.05, 4.69) is 17.6 Å². The molecule has 2 unspecified atom stereocenters. The third kappa shape index (κ3) is 11.5. The molecule has 230 valence electrons. The fourth-order valence-electron chi connectivity index (χ4n) is 4.71. The second kappa shape index (κ2) is 16.5. The van der Waals surface area contributed by atoms with Crippen LogP contribution in [0.25, 0.3) is 0 Å². The van der Waals surface area contributed by atoms with Gasteiger partial charge in [-0.25, -0.2) is 4.79 Å². The van der Waals surface area contributed by atoms with Gasteiger partial charge in [-0.1, -0.05) is 87.1 Å². The Balaban J connectivity index is 2.52. The minimum atomic E-state index is -1.31. The number of unbranched alkanes of at least 4 members (excludes halogenated alkanes) is 5. The van der Waals surface area contributed by atoms with Crippen molar-refractivity contribution < 1.29 is 23.9 Å². The van der Waals surface area contributed by atoms with E-state index < -0.39 is 47.9 Å². The number of carbonyl (C=O) groups is 4. The summed E-state index contributed by atoms with van der Waals surface area (Å²) in [7, 11) is 0. The van der Waals surface area contributed by atoms with Crippen LogP contribution >= 0.6 is 0 Å². The highest BCUT2D eigenvalue weighted by molar-refractivity contribution is 6.00.